The predicted molar refractivity (Wildman–Crippen MR) is 107 cm³/mol. The molecule has 1 N–H and O–H groups in total. The molecular weight excluding hydrogens is 322 g/mol. The third kappa shape index (κ3) is 4.95. The minimum atomic E-state index is -0.706. The Morgan fingerprint density at radius 2 is 1.50 bits per heavy atom. The van der Waals surface area contributed by atoms with Gasteiger partial charge in [0.05, 0.1) is 12.1 Å². The minimum absolute atomic E-state index is 0.0730. The average molecular weight is 354 g/mol. The SMILES string of the molecule is C[C@@H]([C@@H](O)c1ccccc1)N(C)C(=O)[C@@H](Cc1ccccc1)C(C)(C)C. The number of hydrogen-bond acceptors (Lipinski definition) is 2. The van der Waals surface area contributed by atoms with Crippen LogP contribution in [0.3, 0.4) is 0 Å². The van der Waals surface area contributed by atoms with E-state index in [0.29, 0.717) is 6.42 Å². The van der Waals surface area contributed by atoms with E-state index in [-0.39, 0.29) is 23.3 Å². The van der Waals surface area contributed by atoms with Crippen molar-refractivity contribution in [2.75, 3.05) is 7.05 Å². The minimum Gasteiger partial charge on any atom is -0.386 e. The summed E-state index contributed by atoms with van der Waals surface area (Å²) >= 11 is 0. The third-order valence-electron chi connectivity index (χ3n) is 5.18. The normalized spacial score (nSPS) is 15.2. The summed E-state index contributed by atoms with van der Waals surface area (Å²) in [5.74, 6) is -0.0795. The average Bonchev–Trinajstić information content (AvgIpc) is 2.64. The second-order valence-electron chi connectivity index (χ2n) is 8.15. The number of benzene rings is 2. The van der Waals surface area contributed by atoms with E-state index >= 15 is 0 Å². The zero-order chi connectivity index (χ0) is 19.3. The number of amides is 1. The van der Waals surface area contributed by atoms with Gasteiger partial charge in [0.1, 0.15) is 0 Å². The highest BCUT2D eigenvalue weighted by atomic mass is 16.3. The number of likely N-dealkylation sites (N-methyl/N-ethyl adjacent to an activating group) is 1. The van der Waals surface area contributed by atoms with Crippen molar-refractivity contribution >= 4 is 5.91 Å². The highest BCUT2D eigenvalue weighted by Crippen LogP contribution is 2.32. The lowest BCUT2D eigenvalue weighted by molar-refractivity contribution is -0.141. The second-order valence-corrected chi connectivity index (χ2v) is 8.15. The first-order valence-electron chi connectivity index (χ1n) is 9.25. The van der Waals surface area contributed by atoms with Gasteiger partial charge in [-0.2, -0.15) is 0 Å². The fourth-order valence-corrected chi connectivity index (χ4v) is 3.20. The Bertz CT molecular complexity index is 691. The van der Waals surface area contributed by atoms with E-state index in [4.69, 9.17) is 0 Å². The van der Waals surface area contributed by atoms with Crippen molar-refractivity contribution in [3.63, 3.8) is 0 Å². The molecule has 0 saturated carbocycles. The van der Waals surface area contributed by atoms with Gasteiger partial charge in [0.15, 0.2) is 0 Å². The topological polar surface area (TPSA) is 40.5 Å². The monoisotopic (exact) mass is 353 g/mol. The summed E-state index contributed by atoms with van der Waals surface area (Å²) in [5.41, 5.74) is 1.82. The van der Waals surface area contributed by atoms with E-state index in [9.17, 15) is 9.90 Å². The van der Waals surface area contributed by atoms with E-state index in [1.165, 1.54) is 0 Å². The number of aliphatic hydroxyl groups is 1. The van der Waals surface area contributed by atoms with Gasteiger partial charge in [-0.3, -0.25) is 4.79 Å². The molecule has 26 heavy (non-hydrogen) atoms. The molecule has 0 radical (unpaired) electrons. The molecule has 1 amide bonds. The number of aliphatic hydroxyl groups excluding tert-OH is 1. The van der Waals surface area contributed by atoms with Crippen LogP contribution in [0.15, 0.2) is 60.7 Å². The molecule has 0 bridgehead atoms. The molecule has 0 aliphatic heterocycles. The van der Waals surface area contributed by atoms with Gasteiger partial charge >= 0.3 is 0 Å². The molecular formula is C23H31NO2. The summed E-state index contributed by atoms with van der Waals surface area (Å²) < 4.78 is 0. The highest BCUT2D eigenvalue weighted by Gasteiger charge is 2.36. The first-order chi connectivity index (χ1) is 12.2. The predicted octanol–water partition coefficient (Wildman–Crippen LogP) is 4.47. The van der Waals surface area contributed by atoms with Gasteiger partial charge in [0.25, 0.3) is 0 Å². The summed E-state index contributed by atoms with van der Waals surface area (Å²) in [4.78, 5) is 15.0. The maximum Gasteiger partial charge on any atom is 0.226 e. The molecule has 140 valence electrons. The number of carbonyl (C=O) groups is 1. The molecule has 2 rings (SSSR count). The van der Waals surface area contributed by atoms with Crippen molar-refractivity contribution in [2.45, 2.75) is 46.3 Å². The lowest BCUT2D eigenvalue weighted by atomic mass is 9.76. The van der Waals surface area contributed by atoms with Crippen LogP contribution in [0.2, 0.25) is 0 Å². The smallest absolute Gasteiger partial charge is 0.226 e. The largest absolute Gasteiger partial charge is 0.386 e. The third-order valence-corrected chi connectivity index (χ3v) is 5.18. The first kappa shape index (κ1) is 20.2. The molecule has 2 aromatic carbocycles. The van der Waals surface area contributed by atoms with Gasteiger partial charge in [-0.25, -0.2) is 0 Å². The van der Waals surface area contributed by atoms with Gasteiger partial charge in [-0.15, -0.1) is 0 Å². The zero-order valence-corrected chi connectivity index (χ0v) is 16.5. The van der Waals surface area contributed by atoms with Crippen LogP contribution in [0.5, 0.6) is 0 Å². The van der Waals surface area contributed by atoms with E-state index in [2.05, 4.69) is 32.9 Å². The van der Waals surface area contributed by atoms with Crippen molar-refractivity contribution in [1.29, 1.82) is 0 Å². The van der Waals surface area contributed by atoms with Crippen LogP contribution >= 0.6 is 0 Å². The van der Waals surface area contributed by atoms with Gasteiger partial charge < -0.3 is 10.0 Å². The molecule has 0 heterocycles. The van der Waals surface area contributed by atoms with Crippen molar-refractivity contribution < 1.29 is 9.90 Å². The lowest BCUT2D eigenvalue weighted by Gasteiger charge is -2.37. The van der Waals surface area contributed by atoms with Crippen LogP contribution in [0.1, 0.15) is 44.9 Å². The van der Waals surface area contributed by atoms with Crippen LogP contribution in [-0.4, -0.2) is 29.0 Å². The standard InChI is InChI=1S/C23H31NO2/c1-17(21(25)19-14-10-7-11-15-19)24(5)22(26)20(23(2,3)4)16-18-12-8-6-9-13-18/h6-15,17,20-21,25H,16H2,1-5H3/t17-,20+,21+/m0/s1. The van der Waals surface area contributed by atoms with E-state index in [1.807, 2.05) is 55.5 Å². The van der Waals surface area contributed by atoms with Crippen LogP contribution in [-0.2, 0) is 11.2 Å². The number of rotatable bonds is 6. The molecule has 0 fully saturated rings. The quantitative estimate of drug-likeness (QED) is 0.832. The molecule has 0 aliphatic rings. The van der Waals surface area contributed by atoms with Gasteiger partial charge in [-0.1, -0.05) is 81.4 Å². The Morgan fingerprint density at radius 1 is 1.00 bits per heavy atom. The van der Waals surface area contributed by atoms with Crippen LogP contribution in [0, 0.1) is 11.3 Å². The molecule has 0 aliphatic carbocycles. The van der Waals surface area contributed by atoms with Crippen molar-refractivity contribution in [3.05, 3.63) is 71.8 Å². The Balaban J connectivity index is 2.18. The Morgan fingerprint density at radius 3 is 2.00 bits per heavy atom. The van der Waals surface area contributed by atoms with Gasteiger partial charge in [0, 0.05) is 13.0 Å². The Hall–Kier alpha value is -2.13. The van der Waals surface area contributed by atoms with Crippen molar-refractivity contribution in [1.82, 2.24) is 4.90 Å². The molecule has 2 aromatic rings. The van der Waals surface area contributed by atoms with E-state index in [1.54, 1.807) is 11.9 Å². The van der Waals surface area contributed by atoms with Crippen LogP contribution in [0.25, 0.3) is 0 Å². The van der Waals surface area contributed by atoms with E-state index < -0.39 is 6.10 Å². The molecule has 3 nitrogen and oxygen atoms in total. The fraction of sp³-hybridized carbons (Fsp3) is 0.435. The second kappa shape index (κ2) is 8.50. The van der Waals surface area contributed by atoms with Gasteiger partial charge in [0.2, 0.25) is 5.91 Å². The summed E-state index contributed by atoms with van der Waals surface area (Å²) in [6.45, 7) is 8.21. The van der Waals surface area contributed by atoms with Gasteiger partial charge in [-0.05, 0) is 29.9 Å². The van der Waals surface area contributed by atoms with Crippen molar-refractivity contribution in [3.8, 4) is 0 Å². The molecule has 0 spiro atoms. The Labute approximate surface area is 157 Å². The van der Waals surface area contributed by atoms with E-state index in [0.717, 1.165) is 11.1 Å². The van der Waals surface area contributed by atoms with Crippen LogP contribution < -0.4 is 0 Å². The lowest BCUT2D eigenvalue weighted by Crippen LogP contribution is -2.46. The number of carbonyl (C=O) groups excluding carboxylic acids is 1. The first-order valence-corrected chi connectivity index (χ1v) is 9.25. The molecule has 0 saturated heterocycles. The maximum absolute atomic E-state index is 13.3. The molecule has 0 unspecified atom stereocenters. The fourth-order valence-electron chi connectivity index (χ4n) is 3.20. The number of nitrogens with zero attached hydrogens (tertiary/aromatic N) is 1. The molecule has 0 aromatic heterocycles. The molecule has 3 atom stereocenters. The number of hydrogen-bond donors (Lipinski definition) is 1. The maximum atomic E-state index is 13.3. The summed E-state index contributed by atoms with van der Waals surface area (Å²) in [6, 6.07) is 19.3. The summed E-state index contributed by atoms with van der Waals surface area (Å²) in [6.07, 6.45) is -0.00993. The highest BCUT2D eigenvalue weighted by molar-refractivity contribution is 5.80. The Kier molecular flexibility index (Phi) is 6.60. The zero-order valence-electron chi connectivity index (χ0n) is 16.5. The summed E-state index contributed by atoms with van der Waals surface area (Å²) in [5, 5.41) is 10.7. The van der Waals surface area contributed by atoms with Crippen molar-refractivity contribution in [2.24, 2.45) is 11.3 Å². The summed E-state index contributed by atoms with van der Waals surface area (Å²) in [7, 11) is 1.79. The van der Waals surface area contributed by atoms with Crippen LogP contribution in [0.4, 0.5) is 0 Å². The molecule has 3 heteroatoms.